The Morgan fingerprint density at radius 3 is 2.04 bits per heavy atom. The van der Waals surface area contributed by atoms with E-state index in [0.717, 1.165) is 42.8 Å². The number of unbranched alkanes of at least 4 members (excludes halogenated alkanes) is 3. The van der Waals surface area contributed by atoms with E-state index in [9.17, 15) is 4.79 Å². The van der Waals surface area contributed by atoms with Gasteiger partial charge in [0.1, 0.15) is 5.75 Å². The molecule has 27 heavy (non-hydrogen) atoms. The zero-order valence-electron chi connectivity index (χ0n) is 16.7. The molecule has 146 valence electrons. The highest BCUT2D eigenvalue weighted by molar-refractivity contribution is 5.75. The van der Waals surface area contributed by atoms with E-state index in [2.05, 4.69) is 5.32 Å². The first kappa shape index (κ1) is 20.8. The van der Waals surface area contributed by atoms with Crippen molar-refractivity contribution in [3.63, 3.8) is 0 Å². The second kappa shape index (κ2) is 10.6. The van der Waals surface area contributed by atoms with E-state index < -0.39 is 5.41 Å². The number of esters is 1. The smallest absolute Gasteiger partial charge is 0.311 e. The number of carbonyl (C=O) groups excluding carboxylic acids is 1. The monoisotopic (exact) mass is 369 g/mol. The molecule has 0 saturated heterocycles. The number of hydrogen-bond acceptors (Lipinski definition) is 4. The molecule has 0 aliphatic rings. The standard InChI is InChI=1S/C23H31NO3/c1-23(2,3)22(25)27-18-10-5-4-9-17-26-21-15-13-20(14-16-21)24-19-11-7-6-8-12-19/h6-8,11-16,24H,4-5,9-10,17-18H2,1-3H3. The Hall–Kier alpha value is -2.49. The lowest BCUT2D eigenvalue weighted by atomic mass is 9.97. The first-order valence-electron chi connectivity index (χ1n) is 9.67. The fraction of sp³-hybridized carbons (Fsp3) is 0.435. The third-order valence-electron chi connectivity index (χ3n) is 4.07. The summed E-state index contributed by atoms with van der Waals surface area (Å²) in [6, 6.07) is 18.1. The lowest BCUT2D eigenvalue weighted by molar-refractivity contribution is -0.153. The van der Waals surface area contributed by atoms with Crippen molar-refractivity contribution in [2.75, 3.05) is 18.5 Å². The summed E-state index contributed by atoms with van der Waals surface area (Å²) >= 11 is 0. The highest BCUT2D eigenvalue weighted by Gasteiger charge is 2.22. The summed E-state index contributed by atoms with van der Waals surface area (Å²) in [5, 5.41) is 3.35. The maximum atomic E-state index is 11.6. The van der Waals surface area contributed by atoms with Crippen LogP contribution in [0.4, 0.5) is 11.4 Å². The predicted molar refractivity (Wildman–Crippen MR) is 111 cm³/mol. The molecule has 0 aliphatic heterocycles. The van der Waals surface area contributed by atoms with E-state index in [1.807, 2.05) is 75.4 Å². The lowest BCUT2D eigenvalue weighted by Gasteiger charge is -2.16. The number of para-hydroxylation sites is 1. The van der Waals surface area contributed by atoms with Crippen molar-refractivity contribution in [1.29, 1.82) is 0 Å². The first-order valence-corrected chi connectivity index (χ1v) is 9.67. The molecule has 0 atom stereocenters. The summed E-state index contributed by atoms with van der Waals surface area (Å²) in [6.07, 6.45) is 4.01. The Morgan fingerprint density at radius 2 is 1.41 bits per heavy atom. The van der Waals surface area contributed by atoms with Crippen LogP contribution in [-0.2, 0) is 9.53 Å². The molecule has 4 nitrogen and oxygen atoms in total. The Balaban J connectivity index is 1.55. The second-order valence-corrected chi connectivity index (χ2v) is 7.66. The second-order valence-electron chi connectivity index (χ2n) is 7.66. The van der Waals surface area contributed by atoms with Gasteiger partial charge in [-0.2, -0.15) is 0 Å². The van der Waals surface area contributed by atoms with Crippen LogP contribution in [0, 0.1) is 5.41 Å². The largest absolute Gasteiger partial charge is 0.494 e. The SMILES string of the molecule is CC(C)(C)C(=O)OCCCCCCOc1ccc(Nc2ccccc2)cc1. The molecule has 0 heterocycles. The number of benzene rings is 2. The van der Waals surface area contributed by atoms with Crippen molar-refractivity contribution in [3.05, 3.63) is 54.6 Å². The Bertz CT molecular complexity index is 675. The van der Waals surface area contributed by atoms with Gasteiger partial charge >= 0.3 is 5.97 Å². The van der Waals surface area contributed by atoms with E-state index in [0.29, 0.717) is 13.2 Å². The van der Waals surface area contributed by atoms with Crippen LogP contribution in [0.25, 0.3) is 0 Å². The highest BCUT2D eigenvalue weighted by Crippen LogP contribution is 2.20. The zero-order valence-corrected chi connectivity index (χ0v) is 16.7. The topological polar surface area (TPSA) is 47.6 Å². The molecule has 0 aromatic heterocycles. The molecule has 2 aromatic rings. The van der Waals surface area contributed by atoms with Crippen LogP contribution in [0.3, 0.4) is 0 Å². The van der Waals surface area contributed by atoms with Gasteiger partial charge in [0.25, 0.3) is 0 Å². The molecule has 2 aromatic carbocycles. The quantitative estimate of drug-likeness (QED) is 0.415. The maximum absolute atomic E-state index is 11.6. The zero-order chi connectivity index (χ0) is 19.5. The Labute approximate surface area is 162 Å². The minimum atomic E-state index is -0.417. The fourth-order valence-electron chi connectivity index (χ4n) is 2.45. The van der Waals surface area contributed by atoms with Crippen LogP contribution in [0.1, 0.15) is 46.5 Å². The van der Waals surface area contributed by atoms with E-state index in [1.54, 1.807) is 0 Å². The number of ether oxygens (including phenoxy) is 2. The Kier molecular flexibility index (Phi) is 8.18. The van der Waals surface area contributed by atoms with Crippen molar-refractivity contribution in [1.82, 2.24) is 0 Å². The van der Waals surface area contributed by atoms with Crippen molar-refractivity contribution in [2.45, 2.75) is 46.5 Å². The number of nitrogens with one attached hydrogen (secondary N) is 1. The van der Waals surface area contributed by atoms with Crippen molar-refractivity contribution < 1.29 is 14.3 Å². The van der Waals surface area contributed by atoms with Gasteiger partial charge in [-0.25, -0.2) is 0 Å². The summed E-state index contributed by atoms with van der Waals surface area (Å²) in [4.78, 5) is 11.6. The molecule has 0 amide bonds. The molecule has 0 spiro atoms. The number of hydrogen-bond donors (Lipinski definition) is 1. The van der Waals surface area contributed by atoms with Crippen LogP contribution in [0.15, 0.2) is 54.6 Å². The van der Waals surface area contributed by atoms with Crippen LogP contribution in [0.2, 0.25) is 0 Å². The molecule has 0 bridgehead atoms. The van der Waals surface area contributed by atoms with Crippen molar-refractivity contribution in [2.24, 2.45) is 5.41 Å². The van der Waals surface area contributed by atoms with Gasteiger partial charge < -0.3 is 14.8 Å². The molecular weight excluding hydrogens is 338 g/mol. The van der Waals surface area contributed by atoms with Gasteiger partial charge in [0.15, 0.2) is 0 Å². The van der Waals surface area contributed by atoms with Crippen molar-refractivity contribution in [3.8, 4) is 5.75 Å². The number of anilines is 2. The molecule has 0 radical (unpaired) electrons. The summed E-state index contributed by atoms with van der Waals surface area (Å²) in [6.45, 7) is 6.82. The van der Waals surface area contributed by atoms with Gasteiger partial charge in [-0.15, -0.1) is 0 Å². The van der Waals surface area contributed by atoms with Crippen LogP contribution in [0.5, 0.6) is 5.75 Å². The molecule has 2 rings (SSSR count). The van der Waals surface area contributed by atoms with Crippen LogP contribution in [-0.4, -0.2) is 19.2 Å². The van der Waals surface area contributed by atoms with E-state index >= 15 is 0 Å². The number of carbonyl (C=O) groups is 1. The minimum Gasteiger partial charge on any atom is -0.494 e. The van der Waals surface area contributed by atoms with Gasteiger partial charge in [0.05, 0.1) is 18.6 Å². The summed E-state index contributed by atoms with van der Waals surface area (Å²) in [5.74, 6) is 0.753. The average Bonchev–Trinajstić information content (AvgIpc) is 2.65. The molecule has 0 saturated carbocycles. The molecule has 0 aliphatic carbocycles. The van der Waals surface area contributed by atoms with Crippen molar-refractivity contribution >= 4 is 17.3 Å². The molecular formula is C23H31NO3. The third kappa shape index (κ3) is 8.16. The van der Waals surface area contributed by atoms with Crippen LogP contribution < -0.4 is 10.1 Å². The summed E-state index contributed by atoms with van der Waals surface area (Å²) in [7, 11) is 0. The molecule has 1 N–H and O–H groups in total. The summed E-state index contributed by atoms with van der Waals surface area (Å²) in [5.41, 5.74) is 1.69. The van der Waals surface area contributed by atoms with Gasteiger partial charge in [0, 0.05) is 11.4 Å². The average molecular weight is 370 g/mol. The lowest BCUT2D eigenvalue weighted by Crippen LogP contribution is -2.23. The maximum Gasteiger partial charge on any atom is 0.311 e. The van der Waals surface area contributed by atoms with Gasteiger partial charge in [-0.05, 0) is 82.9 Å². The minimum absolute atomic E-state index is 0.129. The number of rotatable bonds is 10. The van der Waals surface area contributed by atoms with E-state index in [1.165, 1.54) is 0 Å². The first-order chi connectivity index (χ1) is 12.9. The Morgan fingerprint density at radius 1 is 0.815 bits per heavy atom. The third-order valence-corrected chi connectivity index (χ3v) is 4.07. The molecule has 0 unspecified atom stereocenters. The summed E-state index contributed by atoms with van der Waals surface area (Å²) < 4.78 is 11.0. The predicted octanol–water partition coefficient (Wildman–Crippen LogP) is 5.96. The van der Waals surface area contributed by atoms with Crippen LogP contribution >= 0.6 is 0 Å². The molecule has 4 heteroatoms. The van der Waals surface area contributed by atoms with E-state index in [-0.39, 0.29) is 5.97 Å². The highest BCUT2D eigenvalue weighted by atomic mass is 16.5. The van der Waals surface area contributed by atoms with Gasteiger partial charge in [0.2, 0.25) is 0 Å². The molecule has 0 fully saturated rings. The van der Waals surface area contributed by atoms with Gasteiger partial charge in [-0.1, -0.05) is 18.2 Å². The fourth-order valence-corrected chi connectivity index (χ4v) is 2.45. The van der Waals surface area contributed by atoms with E-state index in [4.69, 9.17) is 9.47 Å². The normalized spacial score (nSPS) is 11.1. The van der Waals surface area contributed by atoms with Gasteiger partial charge in [-0.3, -0.25) is 4.79 Å².